The lowest BCUT2D eigenvalue weighted by Crippen LogP contribution is -2.25. The Morgan fingerprint density at radius 2 is 1.72 bits per heavy atom. The van der Waals surface area contributed by atoms with Crippen LogP contribution in [0.2, 0.25) is 0 Å². The lowest BCUT2D eigenvalue weighted by molar-refractivity contribution is -0.118. The summed E-state index contributed by atoms with van der Waals surface area (Å²) in [6.07, 6.45) is 4.26. The Morgan fingerprint density at radius 3 is 2.44 bits per heavy atom. The quantitative estimate of drug-likeness (QED) is 0.353. The summed E-state index contributed by atoms with van der Waals surface area (Å²) in [5, 5.41) is 8.86. The van der Waals surface area contributed by atoms with E-state index < -0.39 is 0 Å². The molecule has 2 heterocycles. The molecule has 0 saturated heterocycles. The maximum absolute atomic E-state index is 12.2. The largest absolute Gasteiger partial charge is 0.379 e. The first-order chi connectivity index (χ1) is 15.4. The number of benzene rings is 1. The lowest BCUT2D eigenvalue weighted by atomic mass is 10.2. The van der Waals surface area contributed by atoms with Crippen LogP contribution in [-0.4, -0.2) is 44.8 Å². The van der Waals surface area contributed by atoms with Crippen molar-refractivity contribution in [3.63, 3.8) is 0 Å². The van der Waals surface area contributed by atoms with Gasteiger partial charge in [-0.1, -0.05) is 0 Å². The SMILES string of the molecule is CC(=O)NCCCCCNC(=O)c1ccc(NCc2cnc3nc(C)[nH]c(=O)c3n2)cc1. The van der Waals surface area contributed by atoms with Crippen LogP contribution in [0.3, 0.4) is 0 Å². The summed E-state index contributed by atoms with van der Waals surface area (Å²) in [6.45, 7) is 4.82. The molecule has 0 radical (unpaired) electrons. The Bertz CT molecular complexity index is 1140. The van der Waals surface area contributed by atoms with Crippen molar-refractivity contribution in [2.75, 3.05) is 18.4 Å². The molecule has 0 spiro atoms. The zero-order valence-electron chi connectivity index (χ0n) is 18.2. The van der Waals surface area contributed by atoms with Crippen LogP contribution in [0, 0.1) is 6.92 Å². The number of carbonyl (C=O) groups excluding carboxylic acids is 2. The van der Waals surface area contributed by atoms with E-state index in [0.717, 1.165) is 24.9 Å². The van der Waals surface area contributed by atoms with E-state index in [9.17, 15) is 14.4 Å². The molecule has 10 nitrogen and oxygen atoms in total. The van der Waals surface area contributed by atoms with Gasteiger partial charge in [0.05, 0.1) is 18.4 Å². The fourth-order valence-electron chi connectivity index (χ4n) is 3.08. The van der Waals surface area contributed by atoms with Crippen LogP contribution in [0.4, 0.5) is 5.69 Å². The van der Waals surface area contributed by atoms with Gasteiger partial charge in [-0.2, -0.15) is 0 Å². The number of aryl methyl sites for hydroxylation is 1. The average molecular weight is 438 g/mol. The predicted octanol–water partition coefficient (Wildman–Crippen LogP) is 1.67. The first-order valence-electron chi connectivity index (χ1n) is 10.5. The number of amides is 2. The van der Waals surface area contributed by atoms with Gasteiger partial charge in [0.2, 0.25) is 5.91 Å². The van der Waals surface area contributed by atoms with Crippen LogP contribution in [0.5, 0.6) is 0 Å². The number of rotatable bonds is 10. The fourth-order valence-corrected chi connectivity index (χ4v) is 3.08. The van der Waals surface area contributed by atoms with Crippen LogP contribution >= 0.6 is 0 Å². The highest BCUT2D eigenvalue weighted by molar-refractivity contribution is 5.94. The van der Waals surface area contributed by atoms with Gasteiger partial charge in [-0.25, -0.2) is 15.0 Å². The van der Waals surface area contributed by atoms with Crippen molar-refractivity contribution in [2.45, 2.75) is 39.7 Å². The molecule has 0 atom stereocenters. The molecule has 1 aromatic carbocycles. The standard InChI is InChI=1S/C22H27N7O3/c1-14-27-20-19(22(32)28-14)29-18(13-26-20)12-25-17-8-6-16(7-9-17)21(31)24-11-5-3-4-10-23-15(2)30/h6-9,13,25H,3-5,10-12H2,1-2H3,(H,23,30)(H,24,31)(H,26,27,28,32). The molecular formula is C22H27N7O3. The molecule has 0 saturated carbocycles. The van der Waals surface area contributed by atoms with Crippen LogP contribution in [0.1, 0.15) is 48.1 Å². The van der Waals surface area contributed by atoms with E-state index in [4.69, 9.17) is 0 Å². The smallest absolute Gasteiger partial charge is 0.279 e. The third kappa shape index (κ3) is 6.59. The Kier molecular flexibility index (Phi) is 7.85. The Labute approximate surface area is 185 Å². The maximum Gasteiger partial charge on any atom is 0.279 e. The van der Waals surface area contributed by atoms with Gasteiger partial charge < -0.3 is 20.9 Å². The van der Waals surface area contributed by atoms with Crippen molar-refractivity contribution >= 4 is 28.7 Å². The van der Waals surface area contributed by atoms with E-state index in [1.54, 1.807) is 25.3 Å². The number of carbonyl (C=O) groups is 2. The van der Waals surface area contributed by atoms with Crippen molar-refractivity contribution < 1.29 is 9.59 Å². The van der Waals surface area contributed by atoms with Gasteiger partial charge in [-0.3, -0.25) is 14.4 Å². The van der Waals surface area contributed by atoms with Gasteiger partial charge in [-0.15, -0.1) is 0 Å². The number of anilines is 1. The lowest BCUT2D eigenvalue weighted by Gasteiger charge is -2.08. The van der Waals surface area contributed by atoms with E-state index in [-0.39, 0.29) is 22.9 Å². The predicted molar refractivity (Wildman–Crippen MR) is 121 cm³/mol. The second-order valence-electron chi connectivity index (χ2n) is 7.42. The van der Waals surface area contributed by atoms with E-state index in [0.29, 0.717) is 42.4 Å². The average Bonchev–Trinajstić information content (AvgIpc) is 2.77. The number of H-pyrrole nitrogens is 1. The van der Waals surface area contributed by atoms with Crippen LogP contribution < -0.4 is 21.5 Å². The van der Waals surface area contributed by atoms with Crippen molar-refractivity contribution in [3.8, 4) is 0 Å². The first kappa shape index (κ1) is 22.9. The molecule has 0 fully saturated rings. The molecule has 3 aromatic rings. The molecule has 4 N–H and O–H groups in total. The van der Waals surface area contributed by atoms with Crippen molar-refractivity contribution in [1.82, 2.24) is 30.6 Å². The van der Waals surface area contributed by atoms with E-state index >= 15 is 0 Å². The summed E-state index contributed by atoms with van der Waals surface area (Å²) in [4.78, 5) is 50.4. The molecule has 0 aliphatic carbocycles. The number of hydrogen-bond donors (Lipinski definition) is 4. The van der Waals surface area contributed by atoms with Gasteiger partial charge >= 0.3 is 0 Å². The number of nitrogens with one attached hydrogen (secondary N) is 4. The molecule has 168 valence electrons. The minimum absolute atomic E-state index is 0.0240. The molecule has 0 aliphatic rings. The van der Waals surface area contributed by atoms with Crippen molar-refractivity contribution in [1.29, 1.82) is 0 Å². The molecule has 32 heavy (non-hydrogen) atoms. The zero-order chi connectivity index (χ0) is 22.9. The fraction of sp³-hybridized carbons (Fsp3) is 0.364. The zero-order valence-corrected chi connectivity index (χ0v) is 18.2. The number of unbranched alkanes of at least 4 members (excludes halogenated alkanes) is 2. The van der Waals surface area contributed by atoms with Gasteiger partial charge in [-0.05, 0) is 50.5 Å². The third-order valence-corrected chi connectivity index (χ3v) is 4.72. The van der Waals surface area contributed by atoms with Gasteiger partial charge in [0.1, 0.15) is 5.82 Å². The Morgan fingerprint density at radius 1 is 1.00 bits per heavy atom. The van der Waals surface area contributed by atoms with Crippen molar-refractivity contribution in [3.05, 3.63) is 57.9 Å². The Balaban J connectivity index is 1.45. The number of aromatic amines is 1. The van der Waals surface area contributed by atoms with Crippen LogP contribution in [0.15, 0.2) is 35.3 Å². The first-order valence-corrected chi connectivity index (χ1v) is 10.5. The van der Waals surface area contributed by atoms with Crippen molar-refractivity contribution in [2.24, 2.45) is 0 Å². The molecule has 0 bridgehead atoms. The number of hydrogen-bond acceptors (Lipinski definition) is 7. The maximum atomic E-state index is 12.2. The molecule has 3 rings (SSSR count). The van der Waals surface area contributed by atoms with E-state index in [1.165, 1.54) is 6.92 Å². The summed E-state index contributed by atoms with van der Waals surface area (Å²) in [5.41, 5.74) is 2.21. The molecule has 2 aromatic heterocycles. The van der Waals surface area contributed by atoms with Crippen LogP contribution in [0.25, 0.3) is 11.2 Å². The minimum atomic E-state index is -0.315. The second-order valence-corrected chi connectivity index (χ2v) is 7.42. The second kappa shape index (κ2) is 11.0. The summed E-state index contributed by atoms with van der Waals surface area (Å²) in [5.74, 6) is 0.346. The van der Waals surface area contributed by atoms with E-state index in [1.807, 2.05) is 12.1 Å². The molecule has 0 unspecified atom stereocenters. The summed E-state index contributed by atoms with van der Waals surface area (Å²) >= 11 is 0. The number of nitrogens with zero attached hydrogens (tertiary/aromatic N) is 3. The van der Waals surface area contributed by atoms with Gasteiger partial charge in [0, 0.05) is 31.3 Å². The molecule has 2 amide bonds. The molecule has 0 aliphatic heterocycles. The topological polar surface area (TPSA) is 142 Å². The number of fused-ring (bicyclic) bond motifs is 1. The van der Waals surface area contributed by atoms with Gasteiger partial charge in [0.25, 0.3) is 11.5 Å². The summed E-state index contributed by atoms with van der Waals surface area (Å²) < 4.78 is 0. The third-order valence-electron chi connectivity index (χ3n) is 4.72. The number of aromatic nitrogens is 4. The molecule has 10 heteroatoms. The minimum Gasteiger partial charge on any atom is -0.379 e. The molecular weight excluding hydrogens is 410 g/mol. The Hall–Kier alpha value is -3.82. The van der Waals surface area contributed by atoms with Crippen LogP contribution in [-0.2, 0) is 11.3 Å². The van der Waals surface area contributed by atoms with E-state index in [2.05, 4.69) is 35.9 Å². The van der Waals surface area contributed by atoms with Gasteiger partial charge in [0.15, 0.2) is 11.2 Å². The normalized spacial score (nSPS) is 10.7. The highest BCUT2D eigenvalue weighted by Gasteiger charge is 2.07. The highest BCUT2D eigenvalue weighted by atomic mass is 16.2. The summed E-state index contributed by atoms with van der Waals surface area (Å²) in [6, 6.07) is 7.12. The monoisotopic (exact) mass is 437 g/mol. The highest BCUT2D eigenvalue weighted by Crippen LogP contribution is 2.11. The summed E-state index contributed by atoms with van der Waals surface area (Å²) in [7, 11) is 0.